The number of pyridine rings is 2. The molecule has 0 amide bonds. The number of anilines is 2. The minimum atomic E-state index is -4.78. The fourth-order valence-electron chi connectivity index (χ4n) is 3.86. The number of benzene rings is 1. The van der Waals surface area contributed by atoms with Crippen LogP contribution in [0.25, 0.3) is 11.3 Å². The Kier molecular flexibility index (Phi) is 6.69. The summed E-state index contributed by atoms with van der Waals surface area (Å²) in [6.07, 6.45) is -4.78. The van der Waals surface area contributed by atoms with Gasteiger partial charge in [0.2, 0.25) is 0 Å². The van der Waals surface area contributed by atoms with Gasteiger partial charge >= 0.3 is 6.18 Å². The molecule has 1 atom stereocenters. The number of alkyl halides is 3. The molecule has 12 heteroatoms. The number of halogens is 4. The van der Waals surface area contributed by atoms with Crippen LogP contribution in [0.4, 0.5) is 29.2 Å². The zero-order chi connectivity index (χ0) is 25.4. The molecule has 0 unspecified atom stereocenters. The quantitative estimate of drug-likeness (QED) is 0.501. The van der Waals surface area contributed by atoms with E-state index in [-0.39, 0.29) is 22.4 Å². The second kappa shape index (κ2) is 9.42. The van der Waals surface area contributed by atoms with E-state index in [2.05, 4.69) is 20.0 Å². The van der Waals surface area contributed by atoms with Gasteiger partial charge in [-0.15, -0.1) is 0 Å². The lowest BCUT2D eigenvalue weighted by molar-refractivity contribution is -0.137. The van der Waals surface area contributed by atoms with Gasteiger partial charge < -0.3 is 10.2 Å². The topological polar surface area (TPSA) is 87.2 Å². The van der Waals surface area contributed by atoms with Crippen LogP contribution >= 0.6 is 0 Å². The number of sulfonamides is 1. The number of nitrogens with one attached hydrogen (secondary N) is 2. The molecule has 35 heavy (non-hydrogen) atoms. The monoisotopic (exact) mass is 509 g/mol. The van der Waals surface area contributed by atoms with E-state index in [9.17, 15) is 26.0 Å². The van der Waals surface area contributed by atoms with E-state index >= 15 is 0 Å². The molecular weight excluding hydrogens is 486 g/mol. The van der Waals surface area contributed by atoms with Gasteiger partial charge in [0.15, 0.2) is 5.03 Å². The number of aromatic nitrogens is 2. The van der Waals surface area contributed by atoms with Crippen LogP contribution < -0.4 is 14.9 Å². The summed E-state index contributed by atoms with van der Waals surface area (Å²) in [5.41, 5.74) is -1.43. The van der Waals surface area contributed by atoms with E-state index in [1.807, 2.05) is 11.8 Å². The summed E-state index contributed by atoms with van der Waals surface area (Å²) in [6, 6.07) is 9.75. The molecule has 0 radical (unpaired) electrons. The number of piperazine rings is 1. The van der Waals surface area contributed by atoms with Gasteiger partial charge in [0.1, 0.15) is 17.5 Å². The maximum absolute atomic E-state index is 13.8. The third-order valence-corrected chi connectivity index (χ3v) is 6.83. The van der Waals surface area contributed by atoms with Crippen molar-refractivity contribution in [3.8, 4) is 11.3 Å². The Morgan fingerprint density at radius 2 is 1.89 bits per heavy atom. The van der Waals surface area contributed by atoms with Gasteiger partial charge in [-0.1, -0.05) is 12.1 Å². The Labute approximate surface area is 200 Å². The van der Waals surface area contributed by atoms with Crippen molar-refractivity contribution in [3.63, 3.8) is 0 Å². The van der Waals surface area contributed by atoms with Gasteiger partial charge in [-0.3, -0.25) is 4.72 Å². The van der Waals surface area contributed by atoms with Gasteiger partial charge in [-0.25, -0.2) is 14.4 Å². The van der Waals surface area contributed by atoms with Gasteiger partial charge in [-0.2, -0.15) is 21.6 Å². The molecule has 0 bridgehead atoms. The molecule has 3 aromatic rings. The number of hydrogen-bond acceptors (Lipinski definition) is 6. The van der Waals surface area contributed by atoms with Crippen LogP contribution in [0.2, 0.25) is 0 Å². The van der Waals surface area contributed by atoms with Gasteiger partial charge in [0.25, 0.3) is 10.0 Å². The summed E-state index contributed by atoms with van der Waals surface area (Å²) in [6.45, 7) is 5.52. The SMILES string of the molecule is Cc1ccc(F)cc1-c1nc(NS(=O)(=O)c2cccc(N3CCN[C@H](C)C3)n2)ccc1C(F)(F)F. The van der Waals surface area contributed by atoms with Crippen LogP contribution in [0.15, 0.2) is 53.6 Å². The highest BCUT2D eigenvalue weighted by Gasteiger charge is 2.35. The standard InChI is InChI=1S/C23H23F4N5O2S/c1-14-6-7-16(24)12-17(14)22-18(23(25,26)27)8-9-19(29-22)31-35(33,34)21-5-3-4-20(30-21)32-11-10-28-15(2)13-32/h3-9,12,15,28H,10-11,13H2,1-2H3,(H,29,31)/t15-/m1/s1. The molecule has 186 valence electrons. The first-order valence-electron chi connectivity index (χ1n) is 10.8. The summed E-state index contributed by atoms with van der Waals surface area (Å²) in [5.74, 6) is -0.618. The largest absolute Gasteiger partial charge is 0.418 e. The maximum Gasteiger partial charge on any atom is 0.418 e. The van der Waals surface area contributed by atoms with Crippen LogP contribution in [-0.4, -0.2) is 44.1 Å². The first-order valence-corrected chi connectivity index (χ1v) is 12.3. The van der Waals surface area contributed by atoms with Gasteiger partial charge in [-0.05, 0) is 55.8 Å². The average molecular weight is 510 g/mol. The molecule has 1 aromatic carbocycles. The highest BCUT2D eigenvalue weighted by Crippen LogP contribution is 2.38. The lowest BCUT2D eigenvalue weighted by Gasteiger charge is -2.32. The van der Waals surface area contributed by atoms with E-state index in [1.165, 1.54) is 19.1 Å². The molecule has 1 aliphatic heterocycles. The highest BCUT2D eigenvalue weighted by molar-refractivity contribution is 7.92. The zero-order valence-corrected chi connectivity index (χ0v) is 19.7. The molecule has 0 saturated carbocycles. The summed E-state index contributed by atoms with van der Waals surface area (Å²) in [5, 5.41) is 2.99. The minimum absolute atomic E-state index is 0.0914. The Bertz CT molecular complexity index is 1350. The third kappa shape index (κ3) is 5.54. The van der Waals surface area contributed by atoms with E-state index in [0.29, 0.717) is 24.5 Å². The Morgan fingerprint density at radius 3 is 2.60 bits per heavy atom. The number of rotatable bonds is 5. The van der Waals surface area contributed by atoms with Crippen LogP contribution in [0.5, 0.6) is 0 Å². The third-order valence-electron chi connectivity index (χ3n) is 5.57. The summed E-state index contributed by atoms with van der Waals surface area (Å²) >= 11 is 0. The second-order valence-corrected chi connectivity index (χ2v) is 9.92. The normalized spacial score (nSPS) is 16.9. The second-order valence-electron chi connectivity index (χ2n) is 8.29. The molecule has 2 N–H and O–H groups in total. The fourth-order valence-corrected chi connectivity index (χ4v) is 4.82. The van der Waals surface area contributed by atoms with E-state index in [4.69, 9.17) is 0 Å². The number of aryl methyl sites for hydroxylation is 1. The Morgan fingerprint density at radius 1 is 1.11 bits per heavy atom. The number of nitrogens with zero attached hydrogens (tertiary/aromatic N) is 3. The van der Waals surface area contributed by atoms with Gasteiger partial charge in [0, 0.05) is 31.2 Å². The molecule has 2 aromatic heterocycles. The molecule has 1 aliphatic rings. The van der Waals surface area contributed by atoms with E-state index in [1.54, 1.807) is 12.1 Å². The molecule has 3 heterocycles. The zero-order valence-electron chi connectivity index (χ0n) is 18.9. The highest BCUT2D eigenvalue weighted by atomic mass is 32.2. The molecule has 4 rings (SSSR count). The van der Waals surface area contributed by atoms with Crippen molar-refractivity contribution in [1.29, 1.82) is 0 Å². The van der Waals surface area contributed by atoms with Gasteiger partial charge in [0.05, 0.1) is 11.3 Å². The Balaban J connectivity index is 1.70. The van der Waals surface area contributed by atoms with Crippen molar-refractivity contribution < 1.29 is 26.0 Å². The van der Waals surface area contributed by atoms with Crippen molar-refractivity contribution >= 4 is 21.7 Å². The van der Waals surface area contributed by atoms with Crippen molar-refractivity contribution in [1.82, 2.24) is 15.3 Å². The molecule has 1 fully saturated rings. The molecule has 1 saturated heterocycles. The first-order chi connectivity index (χ1) is 16.4. The van der Waals surface area contributed by atoms with Crippen LogP contribution in [0, 0.1) is 12.7 Å². The maximum atomic E-state index is 13.8. The summed E-state index contributed by atoms with van der Waals surface area (Å²) in [4.78, 5) is 10.1. The van der Waals surface area contributed by atoms with Crippen molar-refractivity contribution in [2.24, 2.45) is 0 Å². The smallest absolute Gasteiger partial charge is 0.354 e. The van der Waals surface area contributed by atoms with E-state index < -0.39 is 33.3 Å². The van der Waals surface area contributed by atoms with Crippen molar-refractivity contribution in [2.75, 3.05) is 29.3 Å². The predicted molar refractivity (Wildman–Crippen MR) is 124 cm³/mol. The number of hydrogen-bond donors (Lipinski definition) is 2. The minimum Gasteiger partial charge on any atom is -0.354 e. The van der Waals surface area contributed by atoms with E-state index in [0.717, 1.165) is 30.8 Å². The lowest BCUT2D eigenvalue weighted by atomic mass is 10.0. The summed E-state index contributed by atoms with van der Waals surface area (Å²) in [7, 11) is -4.27. The molecule has 0 aliphatic carbocycles. The summed E-state index contributed by atoms with van der Waals surface area (Å²) < 4.78 is 83.1. The van der Waals surface area contributed by atoms with Crippen molar-refractivity contribution in [2.45, 2.75) is 31.1 Å². The fraction of sp³-hybridized carbons (Fsp3) is 0.304. The average Bonchev–Trinajstić information content (AvgIpc) is 2.80. The van der Waals surface area contributed by atoms with Crippen LogP contribution in [0.3, 0.4) is 0 Å². The first kappa shape index (κ1) is 24.9. The van der Waals surface area contributed by atoms with Crippen molar-refractivity contribution in [3.05, 3.63) is 65.5 Å². The molecule has 7 nitrogen and oxygen atoms in total. The van der Waals surface area contributed by atoms with Crippen LogP contribution in [-0.2, 0) is 16.2 Å². The predicted octanol–water partition coefficient (Wildman–Crippen LogP) is 4.21. The van der Waals surface area contributed by atoms with Crippen LogP contribution in [0.1, 0.15) is 18.1 Å². The molecule has 0 spiro atoms. The lowest BCUT2D eigenvalue weighted by Crippen LogP contribution is -2.49. The molecular formula is C23H23F4N5O2S. The Hall–Kier alpha value is -3.25.